The van der Waals surface area contributed by atoms with Gasteiger partial charge in [0.2, 0.25) is 11.7 Å². The van der Waals surface area contributed by atoms with E-state index in [9.17, 15) is 13.6 Å². The minimum absolute atomic E-state index is 0.00839. The lowest BCUT2D eigenvalue weighted by atomic mass is 10.1. The molecule has 0 unspecified atom stereocenters. The molecule has 0 atom stereocenters. The summed E-state index contributed by atoms with van der Waals surface area (Å²) >= 11 is 0. The fraction of sp³-hybridized carbons (Fsp3) is 0.105. The Hall–Kier alpha value is -3.55. The lowest BCUT2D eigenvalue weighted by Crippen LogP contribution is -2.23. The number of halogens is 2. The van der Waals surface area contributed by atoms with Crippen LogP contribution in [0.3, 0.4) is 0 Å². The molecule has 0 aliphatic heterocycles. The number of carbonyl (C=O) groups excluding carboxylic acids is 1. The molecule has 2 aromatic carbocycles. The van der Waals surface area contributed by atoms with E-state index in [1.807, 2.05) is 0 Å². The van der Waals surface area contributed by atoms with E-state index in [0.29, 0.717) is 33.5 Å². The second kappa shape index (κ2) is 6.64. The van der Waals surface area contributed by atoms with Gasteiger partial charge >= 0.3 is 0 Å². The van der Waals surface area contributed by atoms with Crippen LogP contribution in [0.5, 0.6) is 0 Å². The van der Waals surface area contributed by atoms with Crippen LogP contribution < -0.4 is 5.32 Å². The maximum absolute atomic E-state index is 13.5. The predicted octanol–water partition coefficient (Wildman–Crippen LogP) is 3.73. The molecule has 2 aromatic heterocycles. The van der Waals surface area contributed by atoms with Gasteiger partial charge in [-0.1, -0.05) is 5.16 Å². The first-order chi connectivity index (χ1) is 13.0. The Morgan fingerprint density at radius 2 is 1.89 bits per heavy atom. The van der Waals surface area contributed by atoms with Gasteiger partial charge in [0.15, 0.2) is 0 Å². The molecule has 6 nitrogen and oxygen atoms in total. The molecule has 0 spiro atoms. The maximum atomic E-state index is 13.5. The zero-order chi connectivity index (χ0) is 19.0. The van der Waals surface area contributed by atoms with Crippen molar-refractivity contribution in [2.45, 2.75) is 13.5 Å². The Kier molecular flexibility index (Phi) is 4.15. The van der Waals surface area contributed by atoms with Gasteiger partial charge in [-0.2, -0.15) is 4.98 Å². The van der Waals surface area contributed by atoms with Crippen LogP contribution in [0.2, 0.25) is 0 Å². The number of nitrogens with zero attached hydrogens (tertiary/aromatic N) is 2. The van der Waals surface area contributed by atoms with Crippen molar-refractivity contribution in [3.8, 4) is 11.4 Å². The zero-order valence-electron chi connectivity index (χ0n) is 14.2. The average Bonchev–Trinajstić information content (AvgIpc) is 3.24. The second-order valence-corrected chi connectivity index (χ2v) is 6.02. The van der Waals surface area contributed by atoms with Crippen LogP contribution in [0.25, 0.3) is 22.3 Å². The quantitative estimate of drug-likeness (QED) is 0.575. The van der Waals surface area contributed by atoms with Crippen molar-refractivity contribution in [3.63, 3.8) is 0 Å². The molecule has 0 saturated heterocycles. The van der Waals surface area contributed by atoms with Gasteiger partial charge in [0.25, 0.3) is 5.91 Å². The number of H-pyrrole nitrogens is 1. The highest BCUT2D eigenvalue weighted by Crippen LogP contribution is 2.23. The number of aryl methyl sites for hydroxylation is 1. The largest absolute Gasteiger partial charge is 0.358 e. The zero-order valence-corrected chi connectivity index (χ0v) is 14.2. The van der Waals surface area contributed by atoms with Crippen molar-refractivity contribution < 1.29 is 18.1 Å². The summed E-state index contributed by atoms with van der Waals surface area (Å²) in [5.74, 6) is -0.668. The summed E-state index contributed by atoms with van der Waals surface area (Å²) in [6, 6.07) is 9.89. The Labute approximate surface area is 152 Å². The van der Waals surface area contributed by atoms with Gasteiger partial charge in [0, 0.05) is 22.2 Å². The van der Waals surface area contributed by atoms with Crippen molar-refractivity contribution in [2.24, 2.45) is 0 Å². The Bertz CT molecular complexity index is 1130. The van der Waals surface area contributed by atoms with Crippen molar-refractivity contribution in [3.05, 3.63) is 71.2 Å². The van der Waals surface area contributed by atoms with E-state index in [1.54, 1.807) is 13.0 Å². The highest BCUT2D eigenvalue weighted by Gasteiger charge is 2.17. The van der Waals surface area contributed by atoms with Crippen LogP contribution in [-0.4, -0.2) is 21.0 Å². The fourth-order valence-corrected chi connectivity index (χ4v) is 2.88. The molecule has 27 heavy (non-hydrogen) atoms. The molecule has 2 N–H and O–H groups in total. The number of hydrogen-bond donors (Lipinski definition) is 2. The van der Waals surface area contributed by atoms with Crippen LogP contribution in [0.15, 0.2) is 47.0 Å². The minimum atomic E-state index is -0.420. The monoisotopic (exact) mass is 368 g/mol. The van der Waals surface area contributed by atoms with Crippen LogP contribution in [0.4, 0.5) is 8.78 Å². The van der Waals surface area contributed by atoms with Crippen molar-refractivity contribution >= 4 is 16.8 Å². The SMILES string of the molecule is Cc1[nH]c2ccc(F)cc2c1C(=O)NCc1nc(-c2ccc(F)cc2)no1. The number of benzene rings is 2. The number of aromatic amines is 1. The van der Waals surface area contributed by atoms with Crippen molar-refractivity contribution in [2.75, 3.05) is 0 Å². The molecule has 0 aliphatic carbocycles. The van der Waals surface area contributed by atoms with E-state index in [-0.39, 0.29) is 24.2 Å². The van der Waals surface area contributed by atoms with Gasteiger partial charge in [-0.3, -0.25) is 4.79 Å². The summed E-state index contributed by atoms with van der Waals surface area (Å²) in [4.78, 5) is 19.8. The first kappa shape index (κ1) is 16.9. The van der Waals surface area contributed by atoms with Gasteiger partial charge in [0.05, 0.1) is 12.1 Å². The van der Waals surface area contributed by atoms with E-state index in [0.717, 1.165) is 0 Å². The van der Waals surface area contributed by atoms with Crippen LogP contribution in [0.1, 0.15) is 21.9 Å². The van der Waals surface area contributed by atoms with Gasteiger partial charge < -0.3 is 14.8 Å². The number of rotatable bonds is 4. The Morgan fingerprint density at radius 3 is 2.67 bits per heavy atom. The number of hydrogen-bond acceptors (Lipinski definition) is 4. The highest BCUT2D eigenvalue weighted by atomic mass is 19.1. The van der Waals surface area contributed by atoms with Crippen LogP contribution in [0, 0.1) is 18.6 Å². The highest BCUT2D eigenvalue weighted by molar-refractivity contribution is 6.08. The molecule has 4 rings (SSSR count). The second-order valence-electron chi connectivity index (χ2n) is 6.02. The molecule has 0 fully saturated rings. The number of aromatic nitrogens is 3. The van der Waals surface area contributed by atoms with Crippen molar-refractivity contribution in [1.29, 1.82) is 0 Å². The van der Waals surface area contributed by atoms with E-state index < -0.39 is 5.82 Å². The van der Waals surface area contributed by atoms with Crippen LogP contribution >= 0.6 is 0 Å². The molecule has 0 bridgehead atoms. The maximum Gasteiger partial charge on any atom is 0.254 e. The smallest absolute Gasteiger partial charge is 0.254 e. The summed E-state index contributed by atoms with van der Waals surface area (Å²) in [6.07, 6.45) is 0. The average molecular weight is 368 g/mol. The molecule has 0 saturated carbocycles. The lowest BCUT2D eigenvalue weighted by Gasteiger charge is -2.02. The molecule has 0 aliphatic rings. The summed E-state index contributed by atoms with van der Waals surface area (Å²) in [6.45, 7) is 1.75. The number of nitrogens with one attached hydrogen (secondary N) is 2. The Balaban J connectivity index is 1.51. The van der Waals surface area contributed by atoms with Gasteiger partial charge in [0.1, 0.15) is 11.6 Å². The third-order valence-electron chi connectivity index (χ3n) is 4.15. The molecule has 0 radical (unpaired) electrons. The number of fused-ring (bicyclic) bond motifs is 1. The van der Waals surface area contributed by atoms with Gasteiger partial charge in [-0.25, -0.2) is 8.78 Å². The third-order valence-corrected chi connectivity index (χ3v) is 4.15. The molecular weight excluding hydrogens is 354 g/mol. The van der Waals surface area contributed by atoms with Gasteiger partial charge in [-0.05, 0) is 49.4 Å². The van der Waals surface area contributed by atoms with Crippen LogP contribution in [-0.2, 0) is 6.54 Å². The predicted molar refractivity (Wildman–Crippen MR) is 93.9 cm³/mol. The summed E-state index contributed by atoms with van der Waals surface area (Å²) in [7, 11) is 0. The number of carbonyl (C=O) groups is 1. The first-order valence-corrected chi connectivity index (χ1v) is 8.16. The minimum Gasteiger partial charge on any atom is -0.358 e. The topological polar surface area (TPSA) is 83.8 Å². The van der Waals surface area contributed by atoms with E-state index >= 15 is 0 Å². The summed E-state index contributed by atoms with van der Waals surface area (Å²) in [5.41, 5.74) is 2.27. The summed E-state index contributed by atoms with van der Waals surface area (Å²) in [5, 5.41) is 7.01. The van der Waals surface area contributed by atoms with Crippen molar-refractivity contribution in [1.82, 2.24) is 20.4 Å². The number of amides is 1. The van der Waals surface area contributed by atoms with E-state index in [2.05, 4.69) is 20.4 Å². The third kappa shape index (κ3) is 3.29. The molecule has 136 valence electrons. The fourth-order valence-electron chi connectivity index (χ4n) is 2.88. The molecular formula is C19H14F2N4O2. The molecule has 1 amide bonds. The normalized spacial score (nSPS) is 11.1. The van der Waals surface area contributed by atoms with Gasteiger partial charge in [-0.15, -0.1) is 0 Å². The summed E-state index contributed by atoms with van der Waals surface area (Å²) < 4.78 is 31.6. The molecule has 2 heterocycles. The van der Waals surface area contributed by atoms with E-state index in [1.165, 1.54) is 36.4 Å². The lowest BCUT2D eigenvalue weighted by molar-refractivity contribution is 0.0947. The molecule has 8 heteroatoms. The van der Waals surface area contributed by atoms with E-state index in [4.69, 9.17) is 4.52 Å². The Morgan fingerprint density at radius 1 is 1.15 bits per heavy atom. The standard InChI is InChI=1S/C19H14F2N4O2/c1-10-17(14-8-13(21)6-7-15(14)23-10)19(26)22-9-16-24-18(25-27-16)11-2-4-12(20)5-3-11/h2-8,23H,9H2,1H3,(H,22,26). The first-order valence-electron chi connectivity index (χ1n) is 8.16. The molecule has 4 aromatic rings.